The first-order valence-corrected chi connectivity index (χ1v) is 9.44. The van der Waals surface area contributed by atoms with Crippen LogP contribution in [0.4, 0.5) is 5.82 Å². The molecule has 0 bridgehead atoms. The highest BCUT2D eigenvalue weighted by molar-refractivity contribution is 5.94. The van der Waals surface area contributed by atoms with Crippen molar-refractivity contribution in [2.75, 3.05) is 18.5 Å². The van der Waals surface area contributed by atoms with Gasteiger partial charge in [-0.15, -0.1) is 0 Å². The molecule has 1 atom stereocenters. The summed E-state index contributed by atoms with van der Waals surface area (Å²) in [6.45, 7) is 0.754. The maximum absolute atomic E-state index is 12.6. The third-order valence-corrected chi connectivity index (χ3v) is 4.85. The molecule has 1 aliphatic carbocycles. The number of carbonyl (C=O) groups is 1. The van der Waals surface area contributed by atoms with E-state index in [1.807, 2.05) is 36.4 Å². The highest BCUT2D eigenvalue weighted by Gasteiger charge is 2.21. The van der Waals surface area contributed by atoms with Gasteiger partial charge in [-0.05, 0) is 30.4 Å². The van der Waals surface area contributed by atoms with Crippen molar-refractivity contribution in [3.05, 3.63) is 66.2 Å². The van der Waals surface area contributed by atoms with Gasteiger partial charge in [-0.1, -0.05) is 30.3 Å². The summed E-state index contributed by atoms with van der Waals surface area (Å²) in [6, 6.07) is 12.6. The van der Waals surface area contributed by atoms with Crippen molar-refractivity contribution >= 4 is 11.7 Å². The maximum atomic E-state index is 12.6. The molecule has 3 aromatic rings. The smallest absolute Gasteiger partial charge is 0.268 e. The molecule has 1 aromatic carbocycles. The minimum Gasteiger partial charge on any atom is -0.394 e. The number of aromatic amines is 1. The molecule has 2 aromatic heterocycles. The number of aromatic nitrogens is 3. The van der Waals surface area contributed by atoms with Gasteiger partial charge in [0, 0.05) is 24.4 Å². The van der Waals surface area contributed by atoms with Crippen molar-refractivity contribution in [1.82, 2.24) is 20.3 Å². The summed E-state index contributed by atoms with van der Waals surface area (Å²) in [4.78, 5) is 24.1. The summed E-state index contributed by atoms with van der Waals surface area (Å²) < 4.78 is 0. The first-order valence-electron chi connectivity index (χ1n) is 9.44. The zero-order chi connectivity index (χ0) is 19.3. The van der Waals surface area contributed by atoms with Crippen LogP contribution in [0.3, 0.4) is 0 Å². The highest BCUT2D eigenvalue weighted by atomic mass is 16.3. The van der Waals surface area contributed by atoms with Crippen molar-refractivity contribution < 1.29 is 9.90 Å². The van der Waals surface area contributed by atoms with E-state index in [0.29, 0.717) is 5.69 Å². The van der Waals surface area contributed by atoms with Crippen molar-refractivity contribution in [2.24, 2.45) is 5.92 Å². The van der Waals surface area contributed by atoms with Crippen LogP contribution >= 0.6 is 0 Å². The molecule has 0 unspecified atom stereocenters. The van der Waals surface area contributed by atoms with Gasteiger partial charge in [0.25, 0.3) is 5.91 Å². The van der Waals surface area contributed by atoms with E-state index in [2.05, 4.69) is 25.6 Å². The van der Waals surface area contributed by atoms with Crippen LogP contribution in [0.2, 0.25) is 0 Å². The topological polar surface area (TPSA) is 103 Å². The molecule has 1 saturated carbocycles. The average molecular weight is 377 g/mol. The van der Waals surface area contributed by atoms with Gasteiger partial charge >= 0.3 is 0 Å². The lowest BCUT2D eigenvalue weighted by Gasteiger charge is -2.16. The summed E-state index contributed by atoms with van der Waals surface area (Å²) in [5.41, 5.74) is 2.82. The first-order chi connectivity index (χ1) is 13.7. The number of hydrogen-bond acceptors (Lipinski definition) is 5. The quantitative estimate of drug-likeness (QED) is 0.483. The van der Waals surface area contributed by atoms with Gasteiger partial charge in [0.1, 0.15) is 17.8 Å². The molecule has 0 saturated heterocycles. The minimum atomic E-state index is -0.460. The Morgan fingerprint density at radius 1 is 1.21 bits per heavy atom. The van der Waals surface area contributed by atoms with Crippen LogP contribution in [0, 0.1) is 5.92 Å². The molecular weight excluding hydrogens is 354 g/mol. The second-order valence-electron chi connectivity index (χ2n) is 7.03. The van der Waals surface area contributed by atoms with E-state index >= 15 is 0 Å². The fourth-order valence-corrected chi connectivity index (χ4v) is 3.01. The van der Waals surface area contributed by atoms with Crippen LogP contribution in [-0.4, -0.2) is 39.1 Å². The number of benzene rings is 1. The highest BCUT2D eigenvalue weighted by Crippen LogP contribution is 2.29. The van der Waals surface area contributed by atoms with Gasteiger partial charge < -0.3 is 20.7 Å². The molecule has 4 N–H and O–H groups in total. The average Bonchev–Trinajstić information content (AvgIpc) is 3.44. The predicted molar refractivity (Wildman–Crippen MR) is 107 cm³/mol. The van der Waals surface area contributed by atoms with E-state index < -0.39 is 6.04 Å². The van der Waals surface area contributed by atoms with Gasteiger partial charge in [0.05, 0.1) is 18.3 Å². The van der Waals surface area contributed by atoms with Crippen LogP contribution in [0.15, 0.2) is 55.0 Å². The Bertz CT molecular complexity index is 937. The number of amides is 1. The molecule has 2 heterocycles. The summed E-state index contributed by atoms with van der Waals surface area (Å²) in [7, 11) is 0. The van der Waals surface area contributed by atoms with Gasteiger partial charge in [0.2, 0.25) is 0 Å². The Morgan fingerprint density at radius 2 is 2.04 bits per heavy atom. The summed E-state index contributed by atoms with van der Waals surface area (Å²) in [5.74, 6) is 1.26. The number of nitrogens with zero attached hydrogens (tertiary/aromatic N) is 2. The number of carbonyl (C=O) groups excluding carboxylic acids is 1. The molecule has 28 heavy (non-hydrogen) atoms. The van der Waals surface area contributed by atoms with E-state index in [1.54, 1.807) is 12.3 Å². The van der Waals surface area contributed by atoms with Crippen LogP contribution in [0.25, 0.3) is 11.3 Å². The van der Waals surface area contributed by atoms with Gasteiger partial charge in [-0.25, -0.2) is 9.97 Å². The Kier molecular flexibility index (Phi) is 5.34. The zero-order valence-corrected chi connectivity index (χ0v) is 15.4. The summed E-state index contributed by atoms with van der Waals surface area (Å²) in [6.07, 6.45) is 5.82. The first kappa shape index (κ1) is 18.2. The maximum Gasteiger partial charge on any atom is 0.268 e. The number of rotatable bonds is 8. The predicted octanol–water partition coefficient (Wildman–Crippen LogP) is 2.76. The normalized spacial score (nSPS) is 14.5. The fraction of sp³-hybridized carbons (Fsp3) is 0.286. The van der Waals surface area contributed by atoms with E-state index in [9.17, 15) is 9.90 Å². The second-order valence-corrected chi connectivity index (χ2v) is 7.03. The Balaban J connectivity index is 1.44. The number of nitrogens with one attached hydrogen (secondary N) is 3. The summed E-state index contributed by atoms with van der Waals surface area (Å²) >= 11 is 0. The lowest BCUT2D eigenvalue weighted by molar-refractivity contribution is 0.0912. The minimum absolute atomic E-state index is 0.175. The van der Waals surface area contributed by atoms with Crippen molar-refractivity contribution in [3.63, 3.8) is 0 Å². The SMILES string of the molecule is O=C(N[C@@H](CO)c1ccccc1)c1cc(-c2cc(NCC3CC3)ncn2)c[nH]1. The Morgan fingerprint density at radius 3 is 2.79 bits per heavy atom. The molecule has 0 aliphatic heterocycles. The van der Waals surface area contributed by atoms with Crippen molar-refractivity contribution in [2.45, 2.75) is 18.9 Å². The molecule has 144 valence electrons. The standard InChI is InChI=1S/C21H23N5O2/c27-12-19(15-4-2-1-3-5-15)26-21(28)18-8-16(11-22-18)17-9-20(25-13-24-17)23-10-14-6-7-14/h1-5,8-9,11,13-14,19,22,27H,6-7,10,12H2,(H,26,28)(H,23,24,25)/t19-/m0/s1. The molecule has 7 heteroatoms. The van der Waals surface area contributed by atoms with Crippen LogP contribution < -0.4 is 10.6 Å². The monoisotopic (exact) mass is 377 g/mol. The Labute approximate surface area is 163 Å². The van der Waals surface area contributed by atoms with Crippen molar-refractivity contribution in [1.29, 1.82) is 0 Å². The third kappa shape index (κ3) is 4.37. The number of aliphatic hydroxyl groups excluding tert-OH is 1. The van der Waals surface area contributed by atoms with Gasteiger partial charge in [-0.3, -0.25) is 4.79 Å². The van der Waals surface area contributed by atoms with E-state index in [-0.39, 0.29) is 12.5 Å². The molecule has 4 rings (SSSR count). The third-order valence-electron chi connectivity index (χ3n) is 4.85. The van der Waals surface area contributed by atoms with Crippen LogP contribution in [0.1, 0.15) is 34.9 Å². The lowest BCUT2D eigenvalue weighted by atomic mass is 10.1. The fourth-order valence-electron chi connectivity index (χ4n) is 3.01. The number of hydrogen-bond donors (Lipinski definition) is 4. The second kappa shape index (κ2) is 8.22. The van der Waals surface area contributed by atoms with E-state index in [1.165, 1.54) is 19.2 Å². The number of H-pyrrole nitrogens is 1. The summed E-state index contributed by atoms with van der Waals surface area (Å²) in [5, 5.41) is 15.8. The van der Waals surface area contributed by atoms with Gasteiger partial charge in [0.15, 0.2) is 0 Å². The molecule has 1 aliphatic rings. The Hall–Kier alpha value is -3.19. The largest absolute Gasteiger partial charge is 0.394 e. The molecule has 1 amide bonds. The molecule has 0 radical (unpaired) electrons. The van der Waals surface area contributed by atoms with Crippen LogP contribution in [-0.2, 0) is 0 Å². The lowest BCUT2D eigenvalue weighted by Crippen LogP contribution is -2.30. The number of anilines is 1. The number of aliphatic hydroxyl groups is 1. The molecular formula is C21H23N5O2. The van der Waals surface area contributed by atoms with E-state index in [0.717, 1.165) is 35.1 Å². The molecule has 1 fully saturated rings. The van der Waals surface area contributed by atoms with Crippen LogP contribution in [0.5, 0.6) is 0 Å². The van der Waals surface area contributed by atoms with Gasteiger partial charge in [-0.2, -0.15) is 0 Å². The molecule has 7 nitrogen and oxygen atoms in total. The van der Waals surface area contributed by atoms with Crippen molar-refractivity contribution in [3.8, 4) is 11.3 Å². The molecule has 0 spiro atoms. The zero-order valence-electron chi connectivity index (χ0n) is 15.4. The van der Waals surface area contributed by atoms with E-state index in [4.69, 9.17) is 0 Å².